The first-order valence-electron chi connectivity index (χ1n) is 6.54. The van der Waals surface area contributed by atoms with E-state index in [4.69, 9.17) is 11.6 Å². The number of hydrogen-bond acceptors (Lipinski definition) is 5. The number of nitrogens with zero attached hydrogens (tertiary/aromatic N) is 2. The molecule has 1 aromatic carbocycles. The van der Waals surface area contributed by atoms with Gasteiger partial charge in [-0.25, -0.2) is 4.79 Å². The summed E-state index contributed by atoms with van der Waals surface area (Å²) < 4.78 is 4.68. The van der Waals surface area contributed by atoms with Crippen LogP contribution in [0.3, 0.4) is 0 Å². The highest BCUT2D eigenvalue weighted by molar-refractivity contribution is 6.33. The Morgan fingerprint density at radius 3 is 2.67 bits per heavy atom. The van der Waals surface area contributed by atoms with E-state index in [9.17, 15) is 14.9 Å². The topological polar surface area (TPSA) is 84.7 Å². The number of hydrogen-bond donors (Lipinski definition) is 1. The molecule has 0 atom stereocenters. The molecule has 1 aliphatic rings. The van der Waals surface area contributed by atoms with E-state index in [2.05, 4.69) is 10.1 Å². The molecular formula is C13H16ClN3O4. The molecule has 0 saturated carbocycles. The molecule has 21 heavy (non-hydrogen) atoms. The number of anilines is 1. The first-order chi connectivity index (χ1) is 10.0. The Labute approximate surface area is 127 Å². The second-order valence-corrected chi connectivity index (χ2v) is 5.20. The van der Waals surface area contributed by atoms with Crippen molar-refractivity contribution in [3.05, 3.63) is 33.3 Å². The fourth-order valence-electron chi connectivity index (χ4n) is 2.29. The highest BCUT2D eigenvalue weighted by Gasteiger charge is 2.23. The van der Waals surface area contributed by atoms with Crippen molar-refractivity contribution in [2.24, 2.45) is 0 Å². The Bertz CT molecular complexity index is 544. The van der Waals surface area contributed by atoms with Crippen LogP contribution in [0.25, 0.3) is 0 Å². The zero-order valence-electron chi connectivity index (χ0n) is 11.5. The lowest BCUT2D eigenvalue weighted by Crippen LogP contribution is -2.42. The Morgan fingerprint density at radius 2 is 2.14 bits per heavy atom. The maximum Gasteiger partial charge on any atom is 0.409 e. The monoisotopic (exact) mass is 313 g/mol. The second-order valence-electron chi connectivity index (χ2n) is 4.80. The van der Waals surface area contributed by atoms with Gasteiger partial charge in [0.2, 0.25) is 0 Å². The largest absolute Gasteiger partial charge is 0.453 e. The summed E-state index contributed by atoms with van der Waals surface area (Å²) in [5, 5.41) is 14.2. The van der Waals surface area contributed by atoms with Crippen LogP contribution < -0.4 is 5.32 Å². The van der Waals surface area contributed by atoms with Crippen LogP contribution in [0.1, 0.15) is 12.8 Å². The average molecular weight is 314 g/mol. The number of halogens is 1. The maximum absolute atomic E-state index is 11.4. The molecule has 7 nitrogen and oxygen atoms in total. The van der Waals surface area contributed by atoms with Gasteiger partial charge in [0.1, 0.15) is 0 Å². The number of nitro benzene ring substituents is 1. The van der Waals surface area contributed by atoms with Gasteiger partial charge < -0.3 is 15.0 Å². The highest BCUT2D eigenvalue weighted by Crippen LogP contribution is 2.28. The summed E-state index contributed by atoms with van der Waals surface area (Å²) in [6.07, 6.45) is 1.21. The molecule has 1 N–H and O–H groups in total. The number of benzene rings is 1. The molecule has 1 aromatic rings. The number of ether oxygens (including phenoxy) is 1. The van der Waals surface area contributed by atoms with E-state index in [1.807, 2.05) is 0 Å². The summed E-state index contributed by atoms with van der Waals surface area (Å²) in [5.74, 6) is 0. The molecule has 0 bridgehead atoms. The third kappa shape index (κ3) is 3.75. The maximum atomic E-state index is 11.4. The van der Waals surface area contributed by atoms with Crippen molar-refractivity contribution in [3.8, 4) is 0 Å². The first-order valence-corrected chi connectivity index (χ1v) is 6.92. The van der Waals surface area contributed by atoms with Crippen LogP contribution in [0.4, 0.5) is 16.2 Å². The molecule has 114 valence electrons. The van der Waals surface area contributed by atoms with E-state index < -0.39 is 4.92 Å². The lowest BCUT2D eigenvalue weighted by molar-refractivity contribution is -0.384. The molecule has 0 unspecified atom stereocenters. The summed E-state index contributed by atoms with van der Waals surface area (Å²) in [5.41, 5.74) is 0.629. The molecule has 0 aliphatic carbocycles. The van der Waals surface area contributed by atoms with E-state index in [1.165, 1.54) is 19.2 Å². The number of amides is 1. The van der Waals surface area contributed by atoms with Gasteiger partial charge in [-0.15, -0.1) is 0 Å². The van der Waals surface area contributed by atoms with Crippen molar-refractivity contribution in [2.45, 2.75) is 18.9 Å². The Balaban J connectivity index is 1.95. The second kappa shape index (κ2) is 6.62. The number of non-ortho nitro benzene ring substituents is 1. The smallest absolute Gasteiger partial charge is 0.409 e. The summed E-state index contributed by atoms with van der Waals surface area (Å²) in [7, 11) is 1.36. The molecule has 1 saturated heterocycles. The number of nitro groups is 1. The van der Waals surface area contributed by atoms with E-state index in [1.54, 1.807) is 11.0 Å². The predicted molar refractivity (Wildman–Crippen MR) is 78.7 cm³/mol. The molecule has 8 heteroatoms. The van der Waals surface area contributed by atoms with Gasteiger partial charge in [0, 0.05) is 31.3 Å². The first kappa shape index (κ1) is 15.4. The lowest BCUT2D eigenvalue weighted by atomic mass is 10.0. The minimum absolute atomic E-state index is 0.0361. The van der Waals surface area contributed by atoms with Crippen molar-refractivity contribution in [1.82, 2.24) is 4.90 Å². The van der Waals surface area contributed by atoms with Crippen LogP contribution in [0.5, 0.6) is 0 Å². The van der Waals surface area contributed by atoms with Crippen molar-refractivity contribution in [2.75, 3.05) is 25.5 Å². The normalized spacial score (nSPS) is 15.6. The van der Waals surface area contributed by atoms with Gasteiger partial charge in [0.25, 0.3) is 5.69 Å². The van der Waals surface area contributed by atoms with Gasteiger partial charge in [-0.2, -0.15) is 0 Å². The molecule has 0 spiro atoms. The van der Waals surface area contributed by atoms with Crippen LogP contribution in [-0.4, -0.2) is 42.2 Å². The van der Waals surface area contributed by atoms with E-state index in [0.717, 1.165) is 12.8 Å². The van der Waals surface area contributed by atoms with E-state index in [-0.39, 0.29) is 17.8 Å². The number of methoxy groups -OCH3 is 1. The molecular weight excluding hydrogens is 298 g/mol. The zero-order valence-corrected chi connectivity index (χ0v) is 12.3. The Kier molecular flexibility index (Phi) is 4.85. The fourth-order valence-corrected chi connectivity index (χ4v) is 2.52. The van der Waals surface area contributed by atoms with Gasteiger partial charge in [-0.3, -0.25) is 10.1 Å². The standard InChI is InChI=1S/C13H16ClN3O4/c1-21-13(18)16-6-4-9(5-7-16)15-12-3-2-10(17(19)20)8-11(12)14/h2-3,8-9,15H,4-7H2,1H3. The molecule has 1 heterocycles. The van der Waals surface area contributed by atoms with Gasteiger partial charge >= 0.3 is 6.09 Å². The van der Waals surface area contributed by atoms with Crippen molar-refractivity contribution < 1.29 is 14.5 Å². The van der Waals surface area contributed by atoms with Crippen molar-refractivity contribution >= 4 is 29.1 Å². The summed E-state index contributed by atoms with van der Waals surface area (Å²) in [4.78, 5) is 23.2. The summed E-state index contributed by atoms with van der Waals surface area (Å²) in [6.45, 7) is 1.21. The summed E-state index contributed by atoms with van der Waals surface area (Å²) >= 11 is 6.04. The van der Waals surface area contributed by atoms with Crippen LogP contribution in [0, 0.1) is 10.1 Å². The molecule has 0 radical (unpaired) electrons. The van der Waals surface area contributed by atoms with Crippen molar-refractivity contribution in [1.29, 1.82) is 0 Å². The minimum atomic E-state index is -0.482. The number of likely N-dealkylation sites (tertiary alicyclic amines) is 1. The minimum Gasteiger partial charge on any atom is -0.453 e. The van der Waals surface area contributed by atoms with E-state index >= 15 is 0 Å². The molecule has 1 fully saturated rings. The number of piperidine rings is 1. The average Bonchev–Trinajstić information content (AvgIpc) is 2.49. The third-order valence-corrected chi connectivity index (χ3v) is 3.76. The highest BCUT2D eigenvalue weighted by atomic mass is 35.5. The van der Waals surface area contributed by atoms with Crippen LogP contribution >= 0.6 is 11.6 Å². The van der Waals surface area contributed by atoms with Gasteiger partial charge in [-0.1, -0.05) is 11.6 Å². The lowest BCUT2D eigenvalue weighted by Gasteiger charge is -2.32. The van der Waals surface area contributed by atoms with E-state index in [0.29, 0.717) is 23.8 Å². The van der Waals surface area contributed by atoms with Crippen molar-refractivity contribution in [3.63, 3.8) is 0 Å². The summed E-state index contributed by atoms with van der Waals surface area (Å²) in [6, 6.07) is 4.52. The molecule has 1 aliphatic heterocycles. The number of nitrogens with one attached hydrogen (secondary N) is 1. The Morgan fingerprint density at radius 1 is 1.48 bits per heavy atom. The number of carbonyl (C=O) groups excluding carboxylic acids is 1. The molecule has 2 rings (SSSR count). The van der Waals surface area contributed by atoms with Crippen LogP contribution in [0.2, 0.25) is 5.02 Å². The number of carbonyl (C=O) groups is 1. The SMILES string of the molecule is COC(=O)N1CCC(Nc2ccc([N+](=O)[O-])cc2Cl)CC1. The fraction of sp³-hybridized carbons (Fsp3) is 0.462. The van der Waals surface area contributed by atoms with Gasteiger partial charge in [0.05, 0.1) is 22.7 Å². The van der Waals surface area contributed by atoms with Gasteiger partial charge in [-0.05, 0) is 18.9 Å². The quantitative estimate of drug-likeness (QED) is 0.685. The number of rotatable bonds is 3. The molecule has 0 aromatic heterocycles. The third-order valence-electron chi connectivity index (χ3n) is 3.45. The molecule has 1 amide bonds. The zero-order chi connectivity index (χ0) is 15.4. The van der Waals surface area contributed by atoms with Crippen LogP contribution in [0.15, 0.2) is 18.2 Å². The van der Waals surface area contributed by atoms with Crippen LogP contribution in [-0.2, 0) is 4.74 Å². The predicted octanol–water partition coefficient (Wildman–Crippen LogP) is 2.89. The van der Waals surface area contributed by atoms with Gasteiger partial charge in [0.15, 0.2) is 0 Å². The Hall–Kier alpha value is -2.02.